The standard InChI is InChI=1S/C21H24O4/c1-4-10-22-17-8-6-16(7-9-17)15(3)18-12-20-21(25-14-24-20)13-19(18)23-11-5-2/h5-9,12-13,15H,2,4,10-11,14H2,1,3H3. The minimum atomic E-state index is 0.148. The van der Waals surface area contributed by atoms with E-state index in [4.69, 9.17) is 18.9 Å². The SMILES string of the molecule is C=CCOc1cc2c(cc1C(C)c1ccc(OCCC)cc1)OCO2. The van der Waals surface area contributed by atoms with Crippen molar-refractivity contribution in [3.8, 4) is 23.0 Å². The summed E-state index contributed by atoms with van der Waals surface area (Å²) in [6, 6.07) is 12.1. The molecule has 0 saturated carbocycles. The van der Waals surface area contributed by atoms with Crippen molar-refractivity contribution in [2.75, 3.05) is 20.0 Å². The van der Waals surface area contributed by atoms with Crippen molar-refractivity contribution < 1.29 is 18.9 Å². The van der Waals surface area contributed by atoms with Gasteiger partial charge in [-0.2, -0.15) is 0 Å². The van der Waals surface area contributed by atoms with E-state index in [1.54, 1.807) is 6.08 Å². The van der Waals surface area contributed by atoms with Gasteiger partial charge in [0.15, 0.2) is 11.5 Å². The fraction of sp³-hybridized carbons (Fsp3) is 0.333. The quantitative estimate of drug-likeness (QED) is 0.639. The van der Waals surface area contributed by atoms with Crippen LogP contribution in [0.3, 0.4) is 0 Å². The van der Waals surface area contributed by atoms with E-state index in [2.05, 4.69) is 32.6 Å². The summed E-state index contributed by atoms with van der Waals surface area (Å²) in [5.74, 6) is 3.32. The molecule has 1 aliphatic rings. The highest BCUT2D eigenvalue weighted by molar-refractivity contribution is 5.54. The van der Waals surface area contributed by atoms with Crippen molar-refractivity contribution in [3.63, 3.8) is 0 Å². The molecule has 2 aromatic carbocycles. The van der Waals surface area contributed by atoms with Gasteiger partial charge in [0.25, 0.3) is 0 Å². The number of hydrogen-bond donors (Lipinski definition) is 0. The van der Waals surface area contributed by atoms with Gasteiger partial charge in [-0.1, -0.05) is 38.6 Å². The third-order valence-corrected chi connectivity index (χ3v) is 4.18. The fourth-order valence-corrected chi connectivity index (χ4v) is 2.80. The molecule has 0 fully saturated rings. The van der Waals surface area contributed by atoms with Crippen molar-refractivity contribution in [2.24, 2.45) is 0 Å². The number of rotatable bonds is 8. The van der Waals surface area contributed by atoms with Crippen LogP contribution in [0.4, 0.5) is 0 Å². The van der Waals surface area contributed by atoms with Crippen LogP contribution in [0.1, 0.15) is 37.3 Å². The third-order valence-electron chi connectivity index (χ3n) is 4.18. The Balaban J connectivity index is 1.87. The molecule has 3 rings (SSSR count). The Morgan fingerprint density at radius 1 is 1.12 bits per heavy atom. The molecule has 4 heteroatoms. The van der Waals surface area contributed by atoms with Gasteiger partial charge in [-0.15, -0.1) is 0 Å². The predicted molar refractivity (Wildman–Crippen MR) is 98.0 cm³/mol. The summed E-state index contributed by atoms with van der Waals surface area (Å²) in [4.78, 5) is 0. The minimum Gasteiger partial charge on any atom is -0.494 e. The average molecular weight is 340 g/mol. The molecule has 2 aromatic rings. The van der Waals surface area contributed by atoms with E-state index in [0.717, 1.165) is 41.6 Å². The molecular weight excluding hydrogens is 316 g/mol. The van der Waals surface area contributed by atoms with Crippen molar-refractivity contribution >= 4 is 0 Å². The molecule has 132 valence electrons. The molecule has 0 aliphatic carbocycles. The van der Waals surface area contributed by atoms with Crippen LogP contribution in [-0.2, 0) is 0 Å². The first-order valence-electron chi connectivity index (χ1n) is 8.63. The zero-order chi connectivity index (χ0) is 17.6. The second kappa shape index (κ2) is 7.97. The second-order valence-electron chi connectivity index (χ2n) is 5.98. The van der Waals surface area contributed by atoms with Crippen molar-refractivity contribution in [2.45, 2.75) is 26.2 Å². The summed E-state index contributed by atoms with van der Waals surface area (Å²) in [7, 11) is 0. The second-order valence-corrected chi connectivity index (χ2v) is 5.98. The van der Waals surface area contributed by atoms with E-state index in [1.807, 2.05) is 24.3 Å². The number of ether oxygens (including phenoxy) is 4. The largest absolute Gasteiger partial charge is 0.494 e. The van der Waals surface area contributed by atoms with Gasteiger partial charge in [0, 0.05) is 17.5 Å². The Hall–Kier alpha value is -2.62. The van der Waals surface area contributed by atoms with E-state index in [9.17, 15) is 0 Å². The third kappa shape index (κ3) is 3.90. The van der Waals surface area contributed by atoms with Crippen molar-refractivity contribution in [3.05, 3.63) is 60.2 Å². The molecule has 0 amide bonds. The number of hydrogen-bond acceptors (Lipinski definition) is 4. The number of benzene rings is 2. The molecule has 0 aromatic heterocycles. The Labute approximate surface area is 149 Å². The summed E-state index contributed by atoms with van der Waals surface area (Å²) in [6.07, 6.45) is 2.73. The maximum Gasteiger partial charge on any atom is 0.231 e. The first-order chi connectivity index (χ1) is 12.2. The fourth-order valence-electron chi connectivity index (χ4n) is 2.80. The lowest BCUT2D eigenvalue weighted by Crippen LogP contribution is -2.03. The molecule has 0 spiro atoms. The predicted octanol–water partition coefficient (Wildman–Crippen LogP) is 4.92. The van der Waals surface area contributed by atoms with Gasteiger partial charge in [0.2, 0.25) is 6.79 Å². The van der Waals surface area contributed by atoms with Crippen LogP contribution in [0.25, 0.3) is 0 Å². The van der Waals surface area contributed by atoms with Gasteiger partial charge in [-0.05, 0) is 30.2 Å². The van der Waals surface area contributed by atoms with E-state index in [-0.39, 0.29) is 12.7 Å². The summed E-state index contributed by atoms with van der Waals surface area (Å²) in [5, 5.41) is 0. The molecule has 1 aliphatic heterocycles. The van der Waals surface area contributed by atoms with E-state index >= 15 is 0 Å². The first-order valence-corrected chi connectivity index (χ1v) is 8.63. The van der Waals surface area contributed by atoms with Gasteiger partial charge in [0.1, 0.15) is 18.1 Å². The van der Waals surface area contributed by atoms with Gasteiger partial charge >= 0.3 is 0 Å². The average Bonchev–Trinajstić information content (AvgIpc) is 3.11. The van der Waals surface area contributed by atoms with Crippen LogP contribution < -0.4 is 18.9 Å². The van der Waals surface area contributed by atoms with Crippen LogP contribution in [0.15, 0.2) is 49.1 Å². The molecular formula is C21H24O4. The lowest BCUT2D eigenvalue weighted by Gasteiger charge is -2.18. The summed E-state index contributed by atoms with van der Waals surface area (Å²) in [5.41, 5.74) is 2.25. The van der Waals surface area contributed by atoms with E-state index in [1.165, 1.54) is 5.56 Å². The molecule has 0 radical (unpaired) electrons. The molecule has 25 heavy (non-hydrogen) atoms. The smallest absolute Gasteiger partial charge is 0.231 e. The molecule has 4 nitrogen and oxygen atoms in total. The molecule has 0 saturated heterocycles. The minimum absolute atomic E-state index is 0.148. The highest BCUT2D eigenvalue weighted by Crippen LogP contribution is 2.42. The summed E-state index contributed by atoms with van der Waals surface area (Å²) < 4.78 is 22.5. The highest BCUT2D eigenvalue weighted by atomic mass is 16.7. The zero-order valence-corrected chi connectivity index (χ0v) is 14.8. The van der Waals surface area contributed by atoms with Crippen LogP contribution in [0, 0.1) is 0 Å². The Kier molecular flexibility index (Phi) is 5.49. The van der Waals surface area contributed by atoms with E-state index in [0.29, 0.717) is 6.61 Å². The zero-order valence-electron chi connectivity index (χ0n) is 14.8. The number of fused-ring (bicyclic) bond motifs is 1. The van der Waals surface area contributed by atoms with Gasteiger partial charge in [-0.3, -0.25) is 0 Å². The molecule has 1 heterocycles. The van der Waals surface area contributed by atoms with Gasteiger partial charge < -0.3 is 18.9 Å². The van der Waals surface area contributed by atoms with Gasteiger partial charge in [0.05, 0.1) is 6.61 Å². The normalized spacial score (nSPS) is 13.4. The molecule has 1 atom stereocenters. The van der Waals surface area contributed by atoms with E-state index < -0.39 is 0 Å². The summed E-state index contributed by atoms with van der Waals surface area (Å²) in [6.45, 7) is 9.40. The van der Waals surface area contributed by atoms with Crippen molar-refractivity contribution in [1.82, 2.24) is 0 Å². The van der Waals surface area contributed by atoms with Crippen LogP contribution in [-0.4, -0.2) is 20.0 Å². The van der Waals surface area contributed by atoms with Crippen LogP contribution >= 0.6 is 0 Å². The Morgan fingerprint density at radius 2 is 1.84 bits per heavy atom. The maximum atomic E-state index is 5.85. The maximum absolute atomic E-state index is 5.85. The van der Waals surface area contributed by atoms with Gasteiger partial charge in [-0.25, -0.2) is 0 Å². The topological polar surface area (TPSA) is 36.9 Å². The van der Waals surface area contributed by atoms with Crippen molar-refractivity contribution in [1.29, 1.82) is 0 Å². The van der Waals surface area contributed by atoms with Crippen LogP contribution in [0.2, 0.25) is 0 Å². The Bertz CT molecular complexity index is 721. The lowest BCUT2D eigenvalue weighted by molar-refractivity contribution is 0.174. The molecule has 1 unspecified atom stereocenters. The summed E-state index contributed by atoms with van der Waals surface area (Å²) >= 11 is 0. The lowest BCUT2D eigenvalue weighted by atomic mass is 9.92. The monoisotopic (exact) mass is 340 g/mol. The first kappa shape index (κ1) is 17.2. The molecule has 0 N–H and O–H groups in total. The highest BCUT2D eigenvalue weighted by Gasteiger charge is 2.22. The Morgan fingerprint density at radius 3 is 2.52 bits per heavy atom. The molecule has 0 bridgehead atoms. The van der Waals surface area contributed by atoms with Crippen LogP contribution in [0.5, 0.6) is 23.0 Å².